The summed E-state index contributed by atoms with van der Waals surface area (Å²) >= 11 is 0. The quantitative estimate of drug-likeness (QED) is 0.625. The molecule has 0 bridgehead atoms. The first-order chi connectivity index (χ1) is 6.36. The van der Waals surface area contributed by atoms with E-state index in [1.54, 1.807) is 13.8 Å². The van der Waals surface area contributed by atoms with Gasteiger partial charge in [-0.2, -0.15) is 0 Å². The minimum Gasteiger partial charge on any atom is -0.383 e. The second-order valence-electron chi connectivity index (χ2n) is 3.85. The van der Waals surface area contributed by atoms with Gasteiger partial charge in [0.15, 0.2) is 0 Å². The molecule has 0 unspecified atom stereocenters. The maximum absolute atomic E-state index is 11.5. The van der Waals surface area contributed by atoms with Crippen molar-refractivity contribution in [3.05, 3.63) is 21.7 Å². The molecular formula is C9H16N4O. The Morgan fingerprint density at radius 2 is 2.07 bits per heavy atom. The SMILES string of the molecule is CCc1c(N)nc(C(C)(C)N)[nH]c1=O. The Morgan fingerprint density at radius 3 is 2.43 bits per heavy atom. The highest BCUT2D eigenvalue weighted by Gasteiger charge is 2.19. The number of hydrogen-bond acceptors (Lipinski definition) is 4. The number of nitrogens with one attached hydrogen (secondary N) is 1. The van der Waals surface area contributed by atoms with Crippen LogP contribution in [0.2, 0.25) is 0 Å². The van der Waals surface area contributed by atoms with Gasteiger partial charge in [-0.25, -0.2) is 4.98 Å². The Morgan fingerprint density at radius 1 is 1.50 bits per heavy atom. The van der Waals surface area contributed by atoms with Gasteiger partial charge in [0, 0.05) is 0 Å². The van der Waals surface area contributed by atoms with Crippen LogP contribution >= 0.6 is 0 Å². The summed E-state index contributed by atoms with van der Waals surface area (Å²) in [4.78, 5) is 18.2. The molecule has 1 aromatic rings. The molecule has 0 amide bonds. The van der Waals surface area contributed by atoms with Gasteiger partial charge in [0.2, 0.25) is 0 Å². The minimum absolute atomic E-state index is 0.200. The number of H-pyrrole nitrogens is 1. The molecular weight excluding hydrogens is 180 g/mol. The smallest absolute Gasteiger partial charge is 0.256 e. The Hall–Kier alpha value is -1.36. The van der Waals surface area contributed by atoms with E-state index in [-0.39, 0.29) is 11.4 Å². The molecule has 1 rings (SSSR count). The van der Waals surface area contributed by atoms with E-state index in [0.717, 1.165) is 0 Å². The molecule has 0 atom stereocenters. The first-order valence-corrected chi connectivity index (χ1v) is 4.54. The molecule has 78 valence electrons. The Kier molecular flexibility index (Phi) is 2.62. The van der Waals surface area contributed by atoms with Gasteiger partial charge in [0.25, 0.3) is 5.56 Å². The molecule has 0 aromatic carbocycles. The van der Waals surface area contributed by atoms with Crippen molar-refractivity contribution in [2.24, 2.45) is 5.73 Å². The Labute approximate surface area is 82.5 Å². The average molecular weight is 196 g/mol. The second-order valence-corrected chi connectivity index (χ2v) is 3.85. The molecule has 5 heteroatoms. The van der Waals surface area contributed by atoms with E-state index in [9.17, 15) is 4.79 Å². The molecule has 5 nitrogen and oxygen atoms in total. The van der Waals surface area contributed by atoms with Crippen LogP contribution in [0.1, 0.15) is 32.2 Å². The fourth-order valence-electron chi connectivity index (χ4n) is 1.16. The van der Waals surface area contributed by atoms with Gasteiger partial charge in [0.1, 0.15) is 11.6 Å². The molecule has 0 aliphatic heterocycles. The van der Waals surface area contributed by atoms with Crippen LogP contribution in [0.3, 0.4) is 0 Å². The number of anilines is 1. The lowest BCUT2D eigenvalue weighted by molar-refractivity contribution is 0.511. The summed E-state index contributed by atoms with van der Waals surface area (Å²) in [5.41, 5.74) is 11.1. The van der Waals surface area contributed by atoms with E-state index < -0.39 is 5.54 Å². The van der Waals surface area contributed by atoms with E-state index in [1.165, 1.54) is 0 Å². The second kappa shape index (κ2) is 3.42. The van der Waals surface area contributed by atoms with Crippen LogP contribution in [-0.2, 0) is 12.0 Å². The molecule has 0 fully saturated rings. The summed E-state index contributed by atoms with van der Waals surface area (Å²) in [5, 5.41) is 0. The largest absolute Gasteiger partial charge is 0.383 e. The topological polar surface area (TPSA) is 97.8 Å². The van der Waals surface area contributed by atoms with E-state index in [1.807, 2.05) is 6.92 Å². The maximum atomic E-state index is 11.5. The third kappa shape index (κ3) is 1.93. The standard InChI is InChI=1S/C9H16N4O/c1-4-5-6(10)12-8(9(2,3)11)13-7(5)14/h4,11H2,1-3H3,(H3,10,12,13,14). The summed E-state index contributed by atoms with van der Waals surface area (Å²) in [6.45, 7) is 5.38. The maximum Gasteiger partial charge on any atom is 0.256 e. The van der Waals surface area contributed by atoms with Crippen molar-refractivity contribution in [3.8, 4) is 0 Å². The number of nitrogen functional groups attached to an aromatic ring is 1. The van der Waals surface area contributed by atoms with E-state index in [0.29, 0.717) is 17.8 Å². The zero-order valence-electron chi connectivity index (χ0n) is 8.72. The number of rotatable bonds is 2. The van der Waals surface area contributed by atoms with Crippen LogP contribution in [0.15, 0.2) is 4.79 Å². The molecule has 14 heavy (non-hydrogen) atoms. The van der Waals surface area contributed by atoms with Gasteiger partial charge in [-0.15, -0.1) is 0 Å². The summed E-state index contributed by atoms with van der Waals surface area (Å²) in [6, 6.07) is 0. The minimum atomic E-state index is -0.681. The van der Waals surface area contributed by atoms with Crippen LogP contribution in [-0.4, -0.2) is 9.97 Å². The van der Waals surface area contributed by atoms with E-state index in [2.05, 4.69) is 9.97 Å². The van der Waals surface area contributed by atoms with Crippen LogP contribution in [0, 0.1) is 0 Å². The molecule has 0 aliphatic carbocycles. The lowest BCUT2D eigenvalue weighted by Crippen LogP contribution is -2.34. The molecule has 0 spiro atoms. The number of nitrogens with zero attached hydrogens (tertiary/aromatic N) is 1. The Balaban J connectivity index is 3.36. The van der Waals surface area contributed by atoms with Gasteiger partial charge < -0.3 is 16.5 Å². The van der Waals surface area contributed by atoms with Crippen molar-refractivity contribution < 1.29 is 0 Å². The van der Waals surface area contributed by atoms with Gasteiger partial charge in [-0.05, 0) is 20.3 Å². The number of aromatic nitrogens is 2. The van der Waals surface area contributed by atoms with Gasteiger partial charge in [0.05, 0.1) is 11.1 Å². The lowest BCUT2D eigenvalue weighted by Gasteiger charge is -2.17. The third-order valence-electron chi connectivity index (χ3n) is 2.01. The normalized spacial score (nSPS) is 11.7. The van der Waals surface area contributed by atoms with Crippen molar-refractivity contribution in [2.45, 2.75) is 32.7 Å². The summed E-state index contributed by atoms with van der Waals surface area (Å²) in [5.74, 6) is 0.682. The zero-order valence-corrected chi connectivity index (χ0v) is 8.72. The van der Waals surface area contributed by atoms with Crippen molar-refractivity contribution >= 4 is 5.82 Å². The van der Waals surface area contributed by atoms with Crippen molar-refractivity contribution in [1.29, 1.82) is 0 Å². The van der Waals surface area contributed by atoms with Crippen molar-refractivity contribution in [3.63, 3.8) is 0 Å². The summed E-state index contributed by atoms with van der Waals surface area (Å²) in [7, 11) is 0. The van der Waals surface area contributed by atoms with Crippen LogP contribution < -0.4 is 17.0 Å². The monoisotopic (exact) mass is 196 g/mol. The van der Waals surface area contributed by atoms with Gasteiger partial charge in [-0.3, -0.25) is 4.79 Å². The predicted molar refractivity (Wildman–Crippen MR) is 55.9 cm³/mol. The molecule has 0 saturated carbocycles. The summed E-state index contributed by atoms with van der Waals surface area (Å²) < 4.78 is 0. The van der Waals surface area contributed by atoms with E-state index >= 15 is 0 Å². The van der Waals surface area contributed by atoms with E-state index in [4.69, 9.17) is 11.5 Å². The Bertz CT molecular complexity index is 389. The van der Waals surface area contributed by atoms with Crippen molar-refractivity contribution in [1.82, 2.24) is 9.97 Å². The number of hydrogen-bond donors (Lipinski definition) is 3. The van der Waals surface area contributed by atoms with Gasteiger partial charge >= 0.3 is 0 Å². The molecule has 5 N–H and O–H groups in total. The number of aromatic amines is 1. The molecule has 0 saturated heterocycles. The molecule has 0 aliphatic rings. The first kappa shape index (κ1) is 10.7. The fourth-order valence-corrected chi connectivity index (χ4v) is 1.16. The first-order valence-electron chi connectivity index (χ1n) is 4.54. The summed E-state index contributed by atoms with van der Waals surface area (Å²) in [6.07, 6.45) is 0.569. The molecule has 0 radical (unpaired) electrons. The van der Waals surface area contributed by atoms with Crippen LogP contribution in [0.5, 0.6) is 0 Å². The average Bonchev–Trinajstić information content (AvgIpc) is 2.01. The highest BCUT2D eigenvalue weighted by molar-refractivity contribution is 5.38. The van der Waals surface area contributed by atoms with Crippen LogP contribution in [0.25, 0.3) is 0 Å². The molecule has 1 aromatic heterocycles. The van der Waals surface area contributed by atoms with Crippen LogP contribution in [0.4, 0.5) is 5.82 Å². The highest BCUT2D eigenvalue weighted by atomic mass is 16.1. The number of nitrogens with two attached hydrogens (primary N) is 2. The fraction of sp³-hybridized carbons (Fsp3) is 0.556. The lowest BCUT2D eigenvalue weighted by atomic mass is 10.1. The third-order valence-corrected chi connectivity index (χ3v) is 2.01. The van der Waals surface area contributed by atoms with Crippen molar-refractivity contribution in [2.75, 3.05) is 5.73 Å². The predicted octanol–water partition coefficient (Wildman–Crippen LogP) is 0.108. The zero-order chi connectivity index (χ0) is 10.9. The van der Waals surface area contributed by atoms with Gasteiger partial charge in [-0.1, -0.05) is 6.92 Å². The molecule has 1 heterocycles. The highest BCUT2D eigenvalue weighted by Crippen LogP contribution is 2.12.